The van der Waals surface area contributed by atoms with Crippen molar-refractivity contribution in [2.24, 2.45) is 4.99 Å². The topological polar surface area (TPSA) is 79.2 Å². The van der Waals surface area contributed by atoms with E-state index in [2.05, 4.69) is 6.07 Å². The molecule has 5 aromatic rings. The zero-order valence-corrected chi connectivity index (χ0v) is 22.1. The van der Waals surface area contributed by atoms with E-state index in [-0.39, 0.29) is 29.6 Å². The van der Waals surface area contributed by atoms with Gasteiger partial charge >= 0.3 is 0 Å². The number of phenolic OH excluding ortho intramolecular Hbond substituents is 1. The fourth-order valence-electron chi connectivity index (χ4n) is 6.59. The molecular weight excluding hydrogens is 500 g/mol. The van der Waals surface area contributed by atoms with Crippen LogP contribution in [0, 0.1) is 0 Å². The monoisotopic (exact) mass is 528 g/mol. The van der Waals surface area contributed by atoms with E-state index < -0.39 is 0 Å². The predicted octanol–water partition coefficient (Wildman–Crippen LogP) is 6.89. The van der Waals surface area contributed by atoms with E-state index in [4.69, 9.17) is 9.73 Å². The second kappa shape index (κ2) is 9.49. The Kier molecular flexibility index (Phi) is 5.77. The summed E-state index contributed by atoms with van der Waals surface area (Å²) in [7, 11) is 1.59. The number of rotatable bonds is 4. The number of nitrogens with zero attached hydrogens (tertiary/aromatic N) is 2. The molecular formula is C34H28N2O4. The molecule has 5 aromatic carbocycles. The van der Waals surface area contributed by atoms with Gasteiger partial charge < -0.3 is 9.84 Å². The second-order valence-electron chi connectivity index (χ2n) is 10.6. The first kappa shape index (κ1) is 24.3. The minimum atomic E-state index is -0.371. The van der Waals surface area contributed by atoms with Crippen LogP contribution in [0.2, 0.25) is 0 Å². The van der Waals surface area contributed by atoms with Gasteiger partial charge in [-0.3, -0.25) is 19.5 Å². The van der Waals surface area contributed by atoms with Crippen LogP contribution < -0.4 is 4.74 Å². The molecule has 2 amide bonds. The van der Waals surface area contributed by atoms with Gasteiger partial charge in [-0.1, -0.05) is 73.5 Å². The smallest absolute Gasteiger partial charge is 0.261 e. The number of amides is 2. The Hall–Kier alpha value is -4.71. The van der Waals surface area contributed by atoms with Crippen LogP contribution in [0.3, 0.4) is 0 Å². The van der Waals surface area contributed by atoms with E-state index in [1.807, 2.05) is 54.6 Å². The Morgan fingerprint density at radius 2 is 1.40 bits per heavy atom. The average Bonchev–Trinajstić information content (AvgIpc) is 3.00. The highest BCUT2D eigenvalue weighted by molar-refractivity contribution is 6.26. The van der Waals surface area contributed by atoms with Crippen molar-refractivity contribution in [1.29, 1.82) is 0 Å². The van der Waals surface area contributed by atoms with Gasteiger partial charge in [0.15, 0.2) is 0 Å². The SMILES string of the molecule is COc1ccc2c3c(cccc13)C(=O)N([C@@H]1CCCC[C@H]1N=Cc1c(O)c3ccccc3c3ccccc13)C2=O. The van der Waals surface area contributed by atoms with Crippen LogP contribution in [0.25, 0.3) is 32.3 Å². The lowest BCUT2D eigenvalue weighted by Crippen LogP contribution is -2.52. The van der Waals surface area contributed by atoms with Crippen molar-refractivity contribution in [3.63, 3.8) is 0 Å². The fourth-order valence-corrected chi connectivity index (χ4v) is 6.59. The Morgan fingerprint density at radius 3 is 2.15 bits per heavy atom. The number of carbonyl (C=O) groups is 2. The Labute approximate surface area is 231 Å². The Morgan fingerprint density at radius 1 is 0.775 bits per heavy atom. The number of fused-ring (bicyclic) bond motifs is 3. The standard InChI is InChI=1S/C34H28N2O4/c1-40-30-18-17-26-31-24(30)13-8-14-25(31)33(38)36(34(26)39)29-16-7-6-15-28(29)35-19-27-22-11-3-2-9-20(22)21-10-4-5-12-23(21)32(27)37/h2-5,8-14,17-19,28-29,37H,6-7,15-16H2,1H3/t28-,29-/m1/s1. The molecule has 1 heterocycles. The number of aromatic hydroxyl groups is 1. The number of hydrogen-bond acceptors (Lipinski definition) is 5. The van der Waals surface area contributed by atoms with Crippen molar-refractivity contribution in [3.05, 3.63) is 95.6 Å². The number of aliphatic imine (C=N–C) groups is 1. The first-order chi connectivity index (χ1) is 19.6. The third-order valence-corrected chi connectivity index (χ3v) is 8.48. The Balaban J connectivity index is 1.30. The quantitative estimate of drug-likeness (QED) is 0.157. The zero-order chi connectivity index (χ0) is 27.4. The van der Waals surface area contributed by atoms with Gasteiger partial charge in [-0.2, -0.15) is 0 Å². The summed E-state index contributed by atoms with van der Waals surface area (Å²) in [6.07, 6.45) is 5.06. The summed E-state index contributed by atoms with van der Waals surface area (Å²) in [6, 6.07) is 24.2. The molecule has 7 rings (SSSR count). The lowest BCUT2D eigenvalue weighted by Gasteiger charge is -2.39. The highest BCUT2D eigenvalue weighted by Crippen LogP contribution is 2.39. The molecule has 1 saturated carbocycles. The molecule has 1 aliphatic carbocycles. The van der Waals surface area contributed by atoms with Crippen molar-refractivity contribution in [2.75, 3.05) is 7.11 Å². The largest absolute Gasteiger partial charge is 0.507 e. The number of ether oxygens (including phenoxy) is 1. The minimum absolute atomic E-state index is 0.185. The first-order valence-electron chi connectivity index (χ1n) is 13.7. The number of hydrogen-bond donors (Lipinski definition) is 1. The van der Waals surface area contributed by atoms with E-state index in [1.54, 1.807) is 31.5 Å². The van der Waals surface area contributed by atoms with Crippen LogP contribution in [-0.2, 0) is 0 Å². The van der Waals surface area contributed by atoms with E-state index >= 15 is 0 Å². The molecule has 6 heteroatoms. The van der Waals surface area contributed by atoms with Gasteiger partial charge in [-0.15, -0.1) is 0 Å². The zero-order valence-electron chi connectivity index (χ0n) is 22.1. The van der Waals surface area contributed by atoms with E-state index in [1.165, 1.54) is 4.90 Å². The predicted molar refractivity (Wildman–Crippen MR) is 158 cm³/mol. The molecule has 1 N–H and O–H groups in total. The maximum absolute atomic E-state index is 13.9. The summed E-state index contributed by atoms with van der Waals surface area (Å²) in [5.74, 6) is 0.243. The van der Waals surface area contributed by atoms with Gasteiger partial charge in [0, 0.05) is 39.1 Å². The number of methoxy groups -OCH3 is 1. The molecule has 1 aliphatic heterocycles. The van der Waals surface area contributed by atoms with Crippen LogP contribution in [0.4, 0.5) is 0 Å². The molecule has 2 aliphatic rings. The average molecular weight is 529 g/mol. The first-order valence-corrected chi connectivity index (χ1v) is 13.7. The summed E-state index contributed by atoms with van der Waals surface area (Å²) in [4.78, 5) is 34.2. The third kappa shape index (κ3) is 3.59. The van der Waals surface area contributed by atoms with Crippen LogP contribution in [0.1, 0.15) is 52.0 Å². The molecule has 0 spiro atoms. The van der Waals surface area contributed by atoms with Gasteiger partial charge in [-0.05, 0) is 47.2 Å². The van der Waals surface area contributed by atoms with Crippen molar-refractivity contribution in [2.45, 2.75) is 37.8 Å². The van der Waals surface area contributed by atoms with Crippen molar-refractivity contribution < 1.29 is 19.4 Å². The van der Waals surface area contributed by atoms with Gasteiger partial charge in [0.2, 0.25) is 0 Å². The normalized spacial score (nSPS) is 19.3. The summed E-state index contributed by atoms with van der Waals surface area (Å²) in [5, 5.41) is 16.4. The molecule has 0 saturated heterocycles. The fraction of sp³-hybridized carbons (Fsp3) is 0.206. The molecule has 0 bridgehead atoms. The van der Waals surface area contributed by atoms with Crippen LogP contribution in [-0.4, -0.2) is 47.2 Å². The van der Waals surface area contributed by atoms with Gasteiger partial charge in [-0.25, -0.2) is 0 Å². The molecule has 0 aromatic heterocycles. The third-order valence-electron chi connectivity index (χ3n) is 8.48. The van der Waals surface area contributed by atoms with E-state index in [0.29, 0.717) is 34.2 Å². The molecule has 198 valence electrons. The van der Waals surface area contributed by atoms with Gasteiger partial charge in [0.05, 0.1) is 19.2 Å². The molecule has 2 atom stereocenters. The van der Waals surface area contributed by atoms with E-state index in [0.717, 1.165) is 46.2 Å². The lowest BCUT2D eigenvalue weighted by atomic mass is 9.86. The summed E-state index contributed by atoms with van der Waals surface area (Å²) < 4.78 is 5.50. The van der Waals surface area contributed by atoms with Crippen LogP contribution in [0.5, 0.6) is 11.5 Å². The number of imide groups is 1. The lowest BCUT2D eigenvalue weighted by molar-refractivity contribution is 0.0481. The summed E-state index contributed by atoms with van der Waals surface area (Å²) >= 11 is 0. The Bertz CT molecular complexity index is 1850. The second-order valence-corrected chi connectivity index (χ2v) is 10.6. The number of phenols is 1. The van der Waals surface area contributed by atoms with Gasteiger partial charge in [0.25, 0.3) is 11.8 Å². The number of carbonyl (C=O) groups excluding carboxylic acids is 2. The molecule has 6 nitrogen and oxygen atoms in total. The maximum Gasteiger partial charge on any atom is 0.261 e. The summed E-state index contributed by atoms with van der Waals surface area (Å²) in [6.45, 7) is 0. The molecule has 0 unspecified atom stereocenters. The number of benzene rings is 5. The van der Waals surface area contributed by atoms with E-state index in [9.17, 15) is 14.7 Å². The van der Waals surface area contributed by atoms with Crippen molar-refractivity contribution in [3.8, 4) is 11.5 Å². The minimum Gasteiger partial charge on any atom is -0.507 e. The van der Waals surface area contributed by atoms with Crippen molar-refractivity contribution in [1.82, 2.24) is 4.90 Å². The van der Waals surface area contributed by atoms with Crippen LogP contribution in [0.15, 0.2) is 83.9 Å². The van der Waals surface area contributed by atoms with Gasteiger partial charge in [0.1, 0.15) is 11.5 Å². The molecule has 40 heavy (non-hydrogen) atoms. The summed E-state index contributed by atoms with van der Waals surface area (Å²) in [5.41, 5.74) is 1.67. The highest BCUT2D eigenvalue weighted by Gasteiger charge is 2.41. The van der Waals surface area contributed by atoms with Crippen LogP contribution >= 0.6 is 0 Å². The molecule has 1 fully saturated rings. The maximum atomic E-state index is 13.9. The highest BCUT2D eigenvalue weighted by atomic mass is 16.5. The van der Waals surface area contributed by atoms with Crippen molar-refractivity contribution >= 4 is 50.3 Å². The molecule has 0 radical (unpaired) electrons.